The highest BCUT2D eigenvalue weighted by Gasteiger charge is 2.09. The average Bonchev–Trinajstić information content (AvgIpc) is 2.55. The molecule has 2 nitrogen and oxygen atoms in total. The Kier molecular flexibility index (Phi) is 2.67. The van der Waals surface area contributed by atoms with E-state index in [4.69, 9.17) is 0 Å². The predicted octanol–water partition coefficient (Wildman–Crippen LogP) is 3.39. The number of rotatable bonds is 3. The summed E-state index contributed by atoms with van der Waals surface area (Å²) in [5, 5.41) is 10.6. The van der Waals surface area contributed by atoms with Gasteiger partial charge in [-0.2, -0.15) is 0 Å². The van der Waals surface area contributed by atoms with Crippen molar-refractivity contribution in [2.45, 2.75) is 33.1 Å². The van der Waals surface area contributed by atoms with Crippen molar-refractivity contribution < 1.29 is 5.11 Å². The Labute approximate surface area is 89.9 Å². The maximum absolute atomic E-state index is 9.48. The molecule has 80 valence electrons. The number of aromatic amines is 1. The Bertz CT molecular complexity index is 471. The molecule has 2 aromatic rings. The minimum Gasteiger partial charge on any atom is -0.508 e. The molecule has 0 saturated heterocycles. The molecule has 1 heterocycles. The molecule has 0 amide bonds. The zero-order chi connectivity index (χ0) is 10.8. The third-order valence-corrected chi connectivity index (χ3v) is 2.83. The van der Waals surface area contributed by atoms with Crippen molar-refractivity contribution in [2.24, 2.45) is 0 Å². The molecule has 2 N–H and O–H groups in total. The van der Waals surface area contributed by atoms with E-state index in [1.54, 1.807) is 6.07 Å². The predicted molar refractivity (Wildman–Crippen MR) is 63.3 cm³/mol. The minimum absolute atomic E-state index is 0.347. The van der Waals surface area contributed by atoms with Crippen molar-refractivity contribution in [3.63, 3.8) is 0 Å². The number of benzene rings is 1. The molecule has 2 rings (SSSR count). The number of fused-ring (bicyclic) bond motifs is 1. The lowest BCUT2D eigenvalue weighted by atomic mass is 10.1. The molecule has 2 heteroatoms. The molecule has 0 atom stereocenters. The number of H-pyrrole nitrogens is 1. The highest BCUT2D eigenvalue weighted by atomic mass is 16.3. The Morgan fingerprint density at radius 3 is 2.73 bits per heavy atom. The first kappa shape index (κ1) is 10.1. The quantitative estimate of drug-likeness (QED) is 0.788. The van der Waals surface area contributed by atoms with Gasteiger partial charge in [0.2, 0.25) is 0 Å². The van der Waals surface area contributed by atoms with E-state index in [2.05, 4.69) is 18.8 Å². The van der Waals surface area contributed by atoms with Gasteiger partial charge in [-0.25, -0.2) is 0 Å². The zero-order valence-electron chi connectivity index (χ0n) is 9.30. The summed E-state index contributed by atoms with van der Waals surface area (Å²) in [5.41, 5.74) is 3.80. The van der Waals surface area contributed by atoms with Crippen LogP contribution in [0.4, 0.5) is 0 Å². The second-order valence-electron chi connectivity index (χ2n) is 3.92. The molecule has 0 aliphatic rings. The average molecular weight is 203 g/mol. The molecule has 0 spiro atoms. The number of aromatic hydroxyl groups is 1. The fraction of sp³-hybridized carbons (Fsp3) is 0.385. The van der Waals surface area contributed by atoms with Gasteiger partial charge in [-0.05, 0) is 36.6 Å². The molecule has 0 bridgehead atoms. The van der Waals surface area contributed by atoms with E-state index in [0.717, 1.165) is 24.8 Å². The minimum atomic E-state index is 0.347. The summed E-state index contributed by atoms with van der Waals surface area (Å²) in [6.07, 6.45) is 3.24. The van der Waals surface area contributed by atoms with Crippen molar-refractivity contribution >= 4 is 10.9 Å². The maximum Gasteiger partial charge on any atom is 0.116 e. The Morgan fingerprint density at radius 2 is 2.07 bits per heavy atom. The third kappa shape index (κ3) is 1.72. The van der Waals surface area contributed by atoms with E-state index in [9.17, 15) is 5.11 Å². The van der Waals surface area contributed by atoms with Gasteiger partial charge in [0.15, 0.2) is 0 Å². The Balaban J connectivity index is 2.63. The van der Waals surface area contributed by atoms with Gasteiger partial charge in [0.05, 0.1) is 0 Å². The summed E-state index contributed by atoms with van der Waals surface area (Å²) in [4.78, 5) is 3.43. The van der Waals surface area contributed by atoms with Gasteiger partial charge >= 0.3 is 0 Å². The summed E-state index contributed by atoms with van der Waals surface area (Å²) in [5.74, 6) is 0.347. The van der Waals surface area contributed by atoms with E-state index < -0.39 is 0 Å². The number of aryl methyl sites for hydroxylation is 2. The van der Waals surface area contributed by atoms with Crippen LogP contribution in [0, 0.1) is 0 Å². The van der Waals surface area contributed by atoms with Gasteiger partial charge in [0, 0.05) is 16.6 Å². The molecule has 0 saturated carbocycles. The van der Waals surface area contributed by atoms with E-state index in [1.165, 1.54) is 16.6 Å². The van der Waals surface area contributed by atoms with Gasteiger partial charge < -0.3 is 10.1 Å². The highest BCUT2D eigenvalue weighted by molar-refractivity contribution is 5.86. The van der Waals surface area contributed by atoms with Crippen LogP contribution in [-0.2, 0) is 12.8 Å². The highest BCUT2D eigenvalue weighted by Crippen LogP contribution is 2.27. The van der Waals surface area contributed by atoms with Crippen molar-refractivity contribution in [2.75, 3.05) is 0 Å². The first-order valence-corrected chi connectivity index (χ1v) is 5.58. The number of nitrogens with one attached hydrogen (secondary N) is 1. The van der Waals surface area contributed by atoms with Crippen molar-refractivity contribution in [1.82, 2.24) is 4.98 Å². The SMILES string of the molecule is CCCc1[nH]c2ccc(O)cc2c1CC. The van der Waals surface area contributed by atoms with Gasteiger partial charge in [-0.15, -0.1) is 0 Å². The molecule has 0 radical (unpaired) electrons. The van der Waals surface area contributed by atoms with Crippen LogP contribution in [0.2, 0.25) is 0 Å². The topological polar surface area (TPSA) is 36.0 Å². The summed E-state index contributed by atoms with van der Waals surface area (Å²) in [7, 11) is 0. The van der Waals surface area contributed by atoms with Crippen LogP contribution in [0.1, 0.15) is 31.5 Å². The van der Waals surface area contributed by atoms with Gasteiger partial charge in [-0.3, -0.25) is 0 Å². The zero-order valence-corrected chi connectivity index (χ0v) is 9.30. The first-order valence-electron chi connectivity index (χ1n) is 5.58. The fourth-order valence-electron chi connectivity index (χ4n) is 2.16. The van der Waals surface area contributed by atoms with Crippen molar-refractivity contribution in [3.8, 4) is 5.75 Å². The van der Waals surface area contributed by atoms with E-state index in [1.807, 2.05) is 12.1 Å². The smallest absolute Gasteiger partial charge is 0.116 e. The van der Waals surface area contributed by atoms with Crippen molar-refractivity contribution in [1.29, 1.82) is 0 Å². The van der Waals surface area contributed by atoms with Crippen LogP contribution in [0.15, 0.2) is 18.2 Å². The van der Waals surface area contributed by atoms with Gasteiger partial charge in [-0.1, -0.05) is 20.3 Å². The van der Waals surface area contributed by atoms with Crippen LogP contribution < -0.4 is 0 Å². The van der Waals surface area contributed by atoms with Crippen LogP contribution in [0.3, 0.4) is 0 Å². The van der Waals surface area contributed by atoms with E-state index in [0.29, 0.717) is 5.75 Å². The molecule has 0 aliphatic carbocycles. The lowest BCUT2D eigenvalue weighted by molar-refractivity contribution is 0.476. The molecule has 15 heavy (non-hydrogen) atoms. The van der Waals surface area contributed by atoms with E-state index >= 15 is 0 Å². The maximum atomic E-state index is 9.48. The van der Waals surface area contributed by atoms with Gasteiger partial charge in [0.1, 0.15) is 5.75 Å². The fourth-order valence-corrected chi connectivity index (χ4v) is 2.16. The number of hydrogen-bond acceptors (Lipinski definition) is 1. The summed E-state index contributed by atoms with van der Waals surface area (Å²) < 4.78 is 0. The molecule has 1 aromatic carbocycles. The number of phenolic OH excluding ortho intramolecular Hbond substituents is 1. The van der Waals surface area contributed by atoms with Crippen LogP contribution in [0.5, 0.6) is 5.75 Å². The molecular weight excluding hydrogens is 186 g/mol. The molecule has 0 aliphatic heterocycles. The lowest BCUT2D eigenvalue weighted by Crippen LogP contribution is -1.88. The molecular formula is C13H17NO. The monoisotopic (exact) mass is 203 g/mol. The Morgan fingerprint density at radius 1 is 1.27 bits per heavy atom. The third-order valence-electron chi connectivity index (χ3n) is 2.83. The summed E-state index contributed by atoms with van der Waals surface area (Å²) >= 11 is 0. The van der Waals surface area contributed by atoms with Crippen LogP contribution >= 0.6 is 0 Å². The standard InChI is InChI=1S/C13H17NO/c1-3-5-12-10(4-2)11-8-9(15)6-7-13(11)14-12/h6-8,14-15H,3-5H2,1-2H3. The second kappa shape index (κ2) is 3.97. The summed E-state index contributed by atoms with van der Waals surface area (Å²) in [6.45, 7) is 4.34. The number of hydrogen-bond donors (Lipinski definition) is 2. The normalized spacial score (nSPS) is 11.1. The molecule has 1 aromatic heterocycles. The molecule has 0 unspecified atom stereocenters. The Hall–Kier alpha value is -1.44. The largest absolute Gasteiger partial charge is 0.508 e. The van der Waals surface area contributed by atoms with Crippen LogP contribution in [0.25, 0.3) is 10.9 Å². The lowest BCUT2D eigenvalue weighted by Gasteiger charge is -1.99. The van der Waals surface area contributed by atoms with Crippen molar-refractivity contribution in [3.05, 3.63) is 29.5 Å². The number of phenols is 1. The second-order valence-corrected chi connectivity index (χ2v) is 3.92. The van der Waals surface area contributed by atoms with Crippen LogP contribution in [-0.4, -0.2) is 10.1 Å². The van der Waals surface area contributed by atoms with Gasteiger partial charge in [0.25, 0.3) is 0 Å². The first-order chi connectivity index (χ1) is 7.26. The molecule has 0 fully saturated rings. The number of aromatic nitrogens is 1. The van der Waals surface area contributed by atoms with E-state index in [-0.39, 0.29) is 0 Å². The summed E-state index contributed by atoms with van der Waals surface area (Å²) in [6, 6.07) is 5.53.